The number of hydrogen-bond acceptors (Lipinski definition) is 5. The molecule has 1 aliphatic heterocycles. The number of ether oxygens (including phenoxy) is 2. The number of rotatable bonds is 2. The summed E-state index contributed by atoms with van der Waals surface area (Å²) in [6.45, 7) is 8.97. The monoisotopic (exact) mass is 507 g/mol. The molecule has 200 valence electrons. The molecule has 0 aromatic carbocycles. The van der Waals surface area contributed by atoms with Crippen molar-refractivity contribution in [2.24, 2.45) is 28.6 Å². The summed E-state index contributed by atoms with van der Waals surface area (Å²) in [5, 5.41) is 2.61. The summed E-state index contributed by atoms with van der Waals surface area (Å²) in [6, 6.07) is 0. The lowest BCUT2D eigenvalue weighted by Crippen LogP contribution is -2.34. The third kappa shape index (κ3) is 5.68. The van der Waals surface area contributed by atoms with Gasteiger partial charge in [0.15, 0.2) is 11.5 Å². The molecule has 2 bridgehead atoms. The molecule has 0 saturated heterocycles. The number of allylic oxidation sites excluding steroid dienone is 7. The van der Waals surface area contributed by atoms with Crippen LogP contribution >= 0.6 is 0 Å². The number of hydrogen-bond donors (Lipinski definition) is 1. The smallest absolute Gasteiger partial charge is 0.290 e. The van der Waals surface area contributed by atoms with Crippen molar-refractivity contribution < 1.29 is 23.9 Å². The van der Waals surface area contributed by atoms with Crippen LogP contribution in [-0.2, 0) is 23.9 Å². The number of carbonyl (C=O) groups excluding carboxylic acids is 3. The van der Waals surface area contributed by atoms with Gasteiger partial charge in [-0.1, -0.05) is 44.6 Å². The van der Waals surface area contributed by atoms with Crippen molar-refractivity contribution in [1.82, 2.24) is 5.32 Å². The van der Waals surface area contributed by atoms with Crippen LogP contribution in [0.1, 0.15) is 72.6 Å². The Bertz CT molecular complexity index is 1130. The third-order valence-electron chi connectivity index (χ3n) is 8.86. The number of Topliss-reactive ketones (excluding diaryl/α,β-unsaturated/α-hetero) is 1. The molecule has 0 radical (unpaired) electrons. The summed E-state index contributed by atoms with van der Waals surface area (Å²) >= 11 is 0. The topological polar surface area (TPSA) is 81.7 Å². The van der Waals surface area contributed by atoms with Crippen LogP contribution in [0, 0.1) is 28.6 Å². The maximum atomic E-state index is 13.4. The quantitative estimate of drug-likeness (QED) is 0.382. The molecule has 1 unspecified atom stereocenters. The molecule has 0 aromatic rings. The number of methoxy groups -OCH3 is 2. The van der Waals surface area contributed by atoms with E-state index in [0.29, 0.717) is 29.2 Å². The minimum Gasteiger partial charge on any atom is -0.492 e. The lowest BCUT2D eigenvalue weighted by Gasteiger charge is -2.26. The predicted octanol–water partition coefficient (Wildman–Crippen LogP) is 5.72. The Morgan fingerprint density at radius 2 is 1.68 bits per heavy atom. The Morgan fingerprint density at radius 1 is 0.973 bits per heavy atom. The molecule has 0 aromatic heterocycles. The average Bonchev–Trinajstić information content (AvgIpc) is 3.76. The van der Waals surface area contributed by atoms with Crippen LogP contribution in [0.2, 0.25) is 0 Å². The Labute approximate surface area is 220 Å². The number of amides is 1. The fourth-order valence-corrected chi connectivity index (χ4v) is 6.60. The van der Waals surface area contributed by atoms with Crippen molar-refractivity contribution in [2.45, 2.75) is 72.6 Å². The van der Waals surface area contributed by atoms with E-state index in [1.165, 1.54) is 45.5 Å². The zero-order chi connectivity index (χ0) is 27.0. The molecular formula is C31H41NO5. The first kappa shape index (κ1) is 27.2. The van der Waals surface area contributed by atoms with E-state index in [-0.39, 0.29) is 34.3 Å². The molecule has 3 aliphatic carbocycles. The molecule has 6 heteroatoms. The van der Waals surface area contributed by atoms with E-state index < -0.39 is 11.7 Å². The van der Waals surface area contributed by atoms with E-state index in [2.05, 4.69) is 45.2 Å². The Morgan fingerprint density at radius 3 is 2.27 bits per heavy atom. The summed E-state index contributed by atoms with van der Waals surface area (Å²) in [5.74, 6) is -0.205. The van der Waals surface area contributed by atoms with Crippen molar-refractivity contribution in [3.63, 3.8) is 0 Å². The van der Waals surface area contributed by atoms with Gasteiger partial charge in [-0.3, -0.25) is 14.4 Å². The van der Waals surface area contributed by atoms with E-state index in [9.17, 15) is 14.4 Å². The van der Waals surface area contributed by atoms with E-state index in [0.717, 1.165) is 18.9 Å². The van der Waals surface area contributed by atoms with Gasteiger partial charge in [0.25, 0.3) is 5.91 Å². The van der Waals surface area contributed by atoms with Crippen molar-refractivity contribution in [3.05, 3.63) is 58.7 Å². The van der Waals surface area contributed by atoms with Gasteiger partial charge < -0.3 is 14.8 Å². The van der Waals surface area contributed by atoms with Crippen LogP contribution < -0.4 is 5.32 Å². The first-order chi connectivity index (χ1) is 17.5. The van der Waals surface area contributed by atoms with Crippen molar-refractivity contribution in [1.29, 1.82) is 0 Å². The summed E-state index contributed by atoms with van der Waals surface area (Å²) in [7, 11) is 2.83. The highest BCUT2D eigenvalue weighted by molar-refractivity contribution is 6.23. The van der Waals surface area contributed by atoms with E-state index in [1.807, 2.05) is 6.08 Å². The molecule has 2 spiro atoms. The van der Waals surface area contributed by atoms with Crippen molar-refractivity contribution >= 4 is 17.5 Å². The maximum absolute atomic E-state index is 13.4. The molecule has 2 fully saturated rings. The third-order valence-corrected chi connectivity index (χ3v) is 8.86. The van der Waals surface area contributed by atoms with E-state index >= 15 is 0 Å². The molecule has 1 heterocycles. The SMILES string of the molecule is COC1=C2C[C@@H](C)CC3(CC3)C[C@@H](C)/C=C(\C)C3(CC3)C(C)/C=C\C=C(/OC)C(=O)NC(=CC1=O)C2=O. The first-order valence-electron chi connectivity index (χ1n) is 13.5. The normalized spacial score (nSPS) is 33.6. The summed E-state index contributed by atoms with van der Waals surface area (Å²) in [4.78, 5) is 39.2. The van der Waals surface area contributed by atoms with Gasteiger partial charge in [0, 0.05) is 11.6 Å². The number of carbonyl (C=O) groups is 3. The lowest BCUT2D eigenvalue weighted by molar-refractivity contribution is -0.122. The number of nitrogens with one attached hydrogen (secondary N) is 1. The molecular weight excluding hydrogens is 466 g/mol. The Balaban J connectivity index is 1.69. The minimum absolute atomic E-state index is 0.0391. The molecule has 4 aliphatic rings. The Kier molecular flexibility index (Phi) is 7.68. The van der Waals surface area contributed by atoms with Gasteiger partial charge in [-0.25, -0.2) is 0 Å². The van der Waals surface area contributed by atoms with Crippen molar-refractivity contribution in [3.8, 4) is 0 Å². The van der Waals surface area contributed by atoms with Gasteiger partial charge in [0.2, 0.25) is 11.6 Å². The number of ketones is 2. The zero-order valence-electron chi connectivity index (χ0n) is 23.1. The van der Waals surface area contributed by atoms with Crippen LogP contribution in [-0.4, -0.2) is 31.7 Å². The fourth-order valence-electron chi connectivity index (χ4n) is 6.60. The summed E-state index contributed by atoms with van der Waals surface area (Å²) in [5.41, 5.74) is 2.25. The van der Waals surface area contributed by atoms with Gasteiger partial charge in [-0.15, -0.1) is 0 Å². The first-order valence-corrected chi connectivity index (χ1v) is 13.5. The van der Waals surface area contributed by atoms with Gasteiger partial charge in [-0.05, 0) is 86.5 Å². The van der Waals surface area contributed by atoms with Crippen LogP contribution in [0.5, 0.6) is 0 Å². The molecule has 6 nitrogen and oxygen atoms in total. The van der Waals surface area contributed by atoms with Crippen LogP contribution in [0.4, 0.5) is 0 Å². The summed E-state index contributed by atoms with van der Waals surface area (Å²) < 4.78 is 10.7. The van der Waals surface area contributed by atoms with E-state index in [1.54, 1.807) is 6.08 Å². The predicted molar refractivity (Wildman–Crippen MR) is 143 cm³/mol. The largest absolute Gasteiger partial charge is 0.492 e. The van der Waals surface area contributed by atoms with Gasteiger partial charge in [-0.2, -0.15) is 0 Å². The standard InChI is InChI=1S/C31H41NO5/c1-19-14-22(4)31(12-13-31)21(3)8-7-9-26(36-5)29(35)32-24-16-25(33)28(37-6)23(27(24)34)15-20(2)18-30(17-19)10-11-30/h7-9,14,16,19-21H,10-13,15,17-18H2,1-6H3,(H,32,35)/b8-7-,22-14+,26-9-/t19-,20+,21?/m0/s1. The second kappa shape index (κ2) is 10.5. The molecule has 2 saturated carbocycles. The molecule has 37 heavy (non-hydrogen) atoms. The second-order valence-electron chi connectivity index (χ2n) is 11.8. The Hall–Kier alpha value is -2.89. The highest BCUT2D eigenvalue weighted by atomic mass is 16.5. The second-order valence-corrected chi connectivity index (χ2v) is 11.8. The molecule has 4 rings (SSSR count). The van der Waals surface area contributed by atoms with Gasteiger partial charge >= 0.3 is 0 Å². The average molecular weight is 508 g/mol. The molecule has 1 N–H and O–H groups in total. The maximum Gasteiger partial charge on any atom is 0.290 e. The highest BCUT2D eigenvalue weighted by Gasteiger charge is 2.48. The number of fused-ring (bicyclic) bond motifs is 2. The highest BCUT2D eigenvalue weighted by Crippen LogP contribution is 2.59. The van der Waals surface area contributed by atoms with Crippen LogP contribution in [0.15, 0.2) is 58.7 Å². The van der Waals surface area contributed by atoms with E-state index in [4.69, 9.17) is 9.47 Å². The van der Waals surface area contributed by atoms with Crippen molar-refractivity contribution in [2.75, 3.05) is 14.2 Å². The van der Waals surface area contributed by atoms with Crippen LogP contribution in [0.3, 0.4) is 0 Å². The zero-order valence-corrected chi connectivity index (χ0v) is 23.1. The minimum atomic E-state index is -0.568. The summed E-state index contributed by atoms with van der Waals surface area (Å²) in [6.07, 6.45) is 16.6. The molecule has 3 atom stereocenters. The van der Waals surface area contributed by atoms with Crippen LogP contribution in [0.25, 0.3) is 0 Å². The molecule has 1 amide bonds. The van der Waals surface area contributed by atoms with Gasteiger partial charge in [0.1, 0.15) is 0 Å². The lowest BCUT2D eigenvalue weighted by atomic mass is 9.79. The van der Waals surface area contributed by atoms with Gasteiger partial charge in [0.05, 0.1) is 19.9 Å². The fraction of sp³-hybridized carbons (Fsp3) is 0.581.